The van der Waals surface area contributed by atoms with Gasteiger partial charge in [0.05, 0.1) is 17.8 Å². The maximum absolute atomic E-state index is 11.8. The number of fused-ring (bicyclic) bond motifs is 1. The minimum Gasteiger partial charge on any atom is -0.294 e. The van der Waals surface area contributed by atoms with Gasteiger partial charge in [0.25, 0.3) is 0 Å². The summed E-state index contributed by atoms with van der Waals surface area (Å²) in [6.45, 7) is 0. The van der Waals surface area contributed by atoms with Crippen LogP contribution in [0.2, 0.25) is 5.02 Å². The number of rotatable bonds is 2. The lowest BCUT2D eigenvalue weighted by atomic mass is 10.1. The van der Waals surface area contributed by atoms with E-state index in [1.165, 1.54) is 0 Å². The number of hydrogen-bond donors (Lipinski definition) is 1. The number of ketones is 1. The number of Topliss-reactive ketones (excluding diaryl/α,β-unsaturated/α-hetero) is 1. The number of nitrogens with one attached hydrogen (secondary N) is 1. The lowest BCUT2D eigenvalue weighted by Gasteiger charge is -2.02. The Bertz CT molecular complexity index is 662. The molecule has 0 aromatic heterocycles. The quantitative estimate of drug-likeness (QED) is 0.845. The van der Waals surface area contributed by atoms with E-state index in [9.17, 15) is 4.79 Å². The molecule has 0 saturated heterocycles. The van der Waals surface area contributed by atoms with Gasteiger partial charge in [-0.3, -0.25) is 10.2 Å². The molecule has 1 N–H and O–H groups in total. The van der Waals surface area contributed by atoms with Gasteiger partial charge in [-0.05, 0) is 24.3 Å². The molecule has 1 aliphatic rings. The van der Waals surface area contributed by atoms with Crippen molar-refractivity contribution >= 4 is 28.8 Å². The van der Waals surface area contributed by atoms with Gasteiger partial charge in [-0.2, -0.15) is 5.10 Å². The van der Waals surface area contributed by atoms with E-state index >= 15 is 0 Å². The van der Waals surface area contributed by atoms with Crippen LogP contribution >= 0.6 is 11.6 Å². The van der Waals surface area contributed by atoms with Crippen LogP contribution in [0.3, 0.4) is 0 Å². The van der Waals surface area contributed by atoms with Crippen LogP contribution in [0.5, 0.6) is 0 Å². The van der Waals surface area contributed by atoms with E-state index in [1.807, 2.05) is 36.4 Å². The molecule has 19 heavy (non-hydrogen) atoms. The molecule has 0 unspecified atom stereocenters. The Hall–Kier alpha value is -2.13. The van der Waals surface area contributed by atoms with Crippen molar-refractivity contribution in [3.05, 3.63) is 64.7 Å². The van der Waals surface area contributed by atoms with E-state index < -0.39 is 0 Å². The molecular formula is C15H11ClN2O. The average Bonchev–Trinajstić information content (AvgIpc) is 2.76. The van der Waals surface area contributed by atoms with Gasteiger partial charge in [0.1, 0.15) is 0 Å². The van der Waals surface area contributed by atoms with Crippen molar-refractivity contribution in [1.82, 2.24) is 0 Å². The molecule has 0 amide bonds. The summed E-state index contributed by atoms with van der Waals surface area (Å²) in [5.41, 5.74) is 6.23. The lowest BCUT2D eigenvalue weighted by molar-refractivity contribution is 0.101. The Morgan fingerprint density at radius 3 is 2.42 bits per heavy atom. The second-order valence-corrected chi connectivity index (χ2v) is 4.76. The number of halogens is 1. The monoisotopic (exact) mass is 270 g/mol. The predicted octanol–water partition coefficient (Wildman–Crippen LogP) is 3.74. The number of anilines is 1. The largest absolute Gasteiger partial charge is 0.294 e. The van der Waals surface area contributed by atoms with Crippen LogP contribution in [-0.2, 0) is 0 Å². The summed E-state index contributed by atoms with van der Waals surface area (Å²) >= 11 is 5.82. The summed E-state index contributed by atoms with van der Waals surface area (Å²) in [4.78, 5) is 11.8. The maximum Gasteiger partial charge on any atom is 0.169 e. The van der Waals surface area contributed by atoms with Crippen molar-refractivity contribution in [2.24, 2.45) is 5.10 Å². The Kier molecular flexibility index (Phi) is 3.05. The van der Waals surface area contributed by atoms with Crippen LogP contribution in [0, 0.1) is 0 Å². The first-order chi connectivity index (χ1) is 9.24. The van der Waals surface area contributed by atoms with E-state index in [4.69, 9.17) is 11.6 Å². The summed E-state index contributed by atoms with van der Waals surface area (Å²) in [5, 5.41) is 5.00. The molecular weight excluding hydrogens is 260 g/mol. The van der Waals surface area contributed by atoms with Gasteiger partial charge in [-0.25, -0.2) is 0 Å². The van der Waals surface area contributed by atoms with Gasteiger partial charge in [-0.15, -0.1) is 0 Å². The highest BCUT2D eigenvalue weighted by molar-refractivity contribution is 6.30. The zero-order valence-corrected chi connectivity index (χ0v) is 10.8. The van der Waals surface area contributed by atoms with Gasteiger partial charge < -0.3 is 0 Å². The van der Waals surface area contributed by atoms with Crippen molar-refractivity contribution < 1.29 is 4.79 Å². The second-order valence-electron chi connectivity index (χ2n) is 4.32. The van der Waals surface area contributed by atoms with Gasteiger partial charge in [-0.1, -0.05) is 35.9 Å². The van der Waals surface area contributed by atoms with Crippen molar-refractivity contribution in [3.63, 3.8) is 0 Å². The molecule has 94 valence electrons. The number of hydrazone groups is 1. The van der Waals surface area contributed by atoms with Crippen LogP contribution in [-0.4, -0.2) is 11.5 Å². The third-order valence-corrected chi connectivity index (χ3v) is 3.28. The zero-order valence-electron chi connectivity index (χ0n) is 10.1. The van der Waals surface area contributed by atoms with Gasteiger partial charge in [0, 0.05) is 16.1 Å². The Morgan fingerprint density at radius 2 is 1.68 bits per heavy atom. The topological polar surface area (TPSA) is 41.5 Å². The highest BCUT2D eigenvalue weighted by atomic mass is 35.5. The van der Waals surface area contributed by atoms with E-state index in [0.29, 0.717) is 11.4 Å². The number of nitrogens with zero attached hydrogens (tertiary/aromatic N) is 1. The first kappa shape index (κ1) is 11.9. The summed E-state index contributed by atoms with van der Waals surface area (Å²) in [5.74, 6) is 0.118. The summed E-state index contributed by atoms with van der Waals surface area (Å²) in [6.07, 6.45) is 0.347. The van der Waals surface area contributed by atoms with Crippen molar-refractivity contribution in [2.45, 2.75) is 6.42 Å². The normalized spacial score (nSPS) is 15.6. The molecule has 0 spiro atoms. The second kappa shape index (κ2) is 4.86. The lowest BCUT2D eigenvalue weighted by Crippen LogP contribution is -2.00. The smallest absolute Gasteiger partial charge is 0.169 e. The minimum atomic E-state index is 0.118. The fourth-order valence-corrected chi connectivity index (χ4v) is 2.20. The first-order valence-corrected chi connectivity index (χ1v) is 6.32. The fraction of sp³-hybridized carbons (Fsp3) is 0.0667. The third kappa shape index (κ3) is 2.37. The van der Waals surface area contributed by atoms with E-state index in [1.54, 1.807) is 12.1 Å². The maximum atomic E-state index is 11.8. The van der Waals surface area contributed by atoms with E-state index in [2.05, 4.69) is 10.5 Å². The van der Waals surface area contributed by atoms with Crippen LogP contribution in [0.25, 0.3) is 0 Å². The molecule has 3 rings (SSSR count). The molecule has 1 aliphatic carbocycles. The Morgan fingerprint density at radius 1 is 1.00 bits per heavy atom. The molecule has 0 saturated carbocycles. The van der Waals surface area contributed by atoms with Gasteiger partial charge in [0.2, 0.25) is 0 Å². The van der Waals surface area contributed by atoms with Crippen molar-refractivity contribution in [3.8, 4) is 0 Å². The Labute approximate surface area is 115 Å². The van der Waals surface area contributed by atoms with Crippen molar-refractivity contribution in [2.75, 3.05) is 5.43 Å². The number of benzene rings is 2. The molecule has 0 radical (unpaired) electrons. The standard InChI is InChI=1S/C15H11ClN2O/c16-10-5-7-11(8-6-10)17-18-14-9-15(19)13-4-2-1-3-12(13)14/h1-8,17H,9H2. The minimum absolute atomic E-state index is 0.118. The molecule has 2 aromatic rings. The molecule has 0 atom stereocenters. The molecule has 4 heteroatoms. The highest BCUT2D eigenvalue weighted by Gasteiger charge is 2.24. The fourth-order valence-electron chi connectivity index (χ4n) is 2.08. The SMILES string of the molecule is O=C1CC(=NNc2ccc(Cl)cc2)c2ccccc21. The molecule has 0 aliphatic heterocycles. The summed E-state index contributed by atoms with van der Waals surface area (Å²) in [6, 6.07) is 14.8. The summed E-state index contributed by atoms with van der Waals surface area (Å²) in [7, 11) is 0. The van der Waals surface area contributed by atoms with Gasteiger partial charge in [0.15, 0.2) is 5.78 Å². The number of carbonyl (C=O) groups excluding carboxylic acids is 1. The average molecular weight is 271 g/mol. The van der Waals surface area contributed by atoms with Gasteiger partial charge >= 0.3 is 0 Å². The van der Waals surface area contributed by atoms with Crippen LogP contribution in [0.15, 0.2) is 53.6 Å². The van der Waals surface area contributed by atoms with Crippen LogP contribution in [0.4, 0.5) is 5.69 Å². The third-order valence-electron chi connectivity index (χ3n) is 3.03. The molecule has 3 nitrogen and oxygen atoms in total. The van der Waals surface area contributed by atoms with Crippen molar-refractivity contribution in [1.29, 1.82) is 0 Å². The molecule has 0 fully saturated rings. The van der Waals surface area contributed by atoms with E-state index in [-0.39, 0.29) is 5.78 Å². The number of carbonyl (C=O) groups is 1. The van der Waals surface area contributed by atoms with E-state index in [0.717, 1.165) is 22.5 Å². The number of hydrogen-bond acceptors (Lipinski definition) is 3. The summed E-state index contributed by atoms with van der Waals surface area (Å²) < 4.78 is 0. The first-order valence-electron chi connectivity index (χ1n) is 5.95. The van der Waals surface area contributed by atoms with Crippen LogP contribution in [0.1, 0.15) is 22.3 Å². The molecule has 0 bridgehead atoms. The Balaban J connectivity index is 1.86. The highest BCUT2D eigenvalue weighted by Crippen LogP contribution is 2.22. The predicted molar refractivity (Wildman–Crippen MR) is 77.0 cm³/mol. The zero-order chi connectivity index (χ0) is 13.2. The molecule has 0 heterocycles. The van der Waals surface area contributed by atoms with Crippen LogP contribution < -0.4 is 5.43 Å². The molecule has 2 aromatic carbocycles.